The van der Waals surface area contributed by atoms with Crippen molar-refractivity contribution >= 4 is 34.9 Å². The van der Waals surface area contributed by atoms with Gasteiger partial charge in [0.1, 0.15) is 0 Å². The van der Waals surface area contributed by atoms with Crippen LogP contribution >= 0.6 is 23.2 Å². The van der Waals surface area contributed by atoms with Crippen LogP contribution in [-0.4, -0.2) is 47.7 Å². The monoisotopic (exact) mass is 390 g/mol. The third-order valence-electron chi connectivity index (χ3n) is 4.61. The zero-order valence-corrected chi connectivity index (χ0v) is 16.1. The van der Waals surface area contributed by atoms with Crippen LogP contribution in [0.25, 0.3) is 0 Å². The molecule has 6 heteroatoms. The molecule has 26 heavy (non-hydrogen) atoms. The normalized spacial score (nSPS) is 15.1. The minimum Gasteiger partial charge on any atom is -0.336 e. The molecule has 4 nitrogen and oxygen atoms in total. The Morgan fingerprint density at radius 1 is 0.962 bits per heavy atom. The van der Waals surface area contributed by atoms with Gasteiger partial charge in [-0.2, -0.15) is 0 Å². The van der Waals surface area contributed by atoms with Gasteiger partial charge in [-0.25, -0.2) is 0 Å². The summed E-state index contributed by atoms with van der Waals surface area (Å²) in [7, 11) is 0. The first-order chi connectivity index (χ1) is 12.5. The molecule has 1 amide bonds. The first kappa shape index (κ1) is 18.9. The lowest BCUT2D eigenvalue weighted by Crippen LogP contribution is -2.48. The van der Waals surface area contributed by atoms with E-state index in [1.807, 2.05) is 17.0 Å². The summed E-state index contributed by atoms with van der Waals surface area (Å²) in [6.45, 7) is 4.97. The van der Waals surface area contributed by atoms with E-state index >= 15 is 0 Å². The van der Waals surface area contributed by atoms with E-state index < -0.39 is 0 Å². The predicted octanol–water partition coefficient (Wildman–Crippen LogP) is 4.15. The molecule has 136 valence electrons. The van der Waals surface area contributed by atoms with Crippen LogP contribution in [-0.2, 0) is 6.54 Å². The van der Waals surface area contributed by atoms with Crippen molar-refractivity contribution in [2.24, 2.45) is 0 Å². The number of ketones is 1. The molecule has 0 aliphatic carbocycles. The lowest BCUT2D eigenvalue weighted by Gasteiger charge is -2.35. The summed E-state index contributed by atoms with van der Waals surface area (Å²) in [5.74, 6) is -0.176. The number of halogens is 2. The maximum Gasteiger partial charge on any atom is 0.254 e. The highest BCUT2D eigenvalue weighted by atomic mass is 35.5. The Kier molecular flexibility index (Phi) is 5.97. The molecule has 1 heterocycles. The van der Waals surface area contributed by atoms with Gasteiger partial charge < -0.3 is 4.90 Å². The van der Waals surface area contributed by atoms with Crippen molar-refractivity contribution in [2.45, 2.75) is 13.5 Å². The van der Waals surface area contributed by atoms with E-state index in [4.69, 9.17) is 23.2 Å². The van der Waals surface area contributed by atoms with Gasteiger partial charge in [-0.15, -0.1) is 0 Å². The SMILES string of the molecule is CC(=O)c1ccccc1C(=O)N1CCN(Cc2ccc(Cl)cc2Cl)CC1. The van der Waals surface area contributed by atoms with Gasteiger partial charge >= 0.3 is 0 Å². The molecule has 1 fully saturated rings. The molecule has 0 aromatic heterocycles. The molecule has 0 bridgehead atoms. The Morgan fingerprint density at radius 2 is 1.62 bits per heavy atom. The molecule has 0 N–H and O–H groups in total. The minimum atomic E-state index is -0.0926. The summed E-state index contributed by atoms with van der Waals surface area (Å²) in [6, 6.07) is 12.5. The van der Waals surface area contributed by atoms with E-state index in [1.165, 1.54) is 6.92 Å². The standard InChI is InChI=1S/C20H20Cl2N2O2/c1-14(25)17-4-2-3-5-18(17)20(26)24-10-8-23(9-11-24)13-15-6-7-16(21)12-19(15)22/h2-7,12H,8-11,13H2,1H3. The van der Waals surface area contributed by atoms with Crippen molar-refractivity contribution in [1.82, 2.24) is 9.80 Å². The number of Topliss-reactive ketones (excluding diaryl/α,β-unsaturated/α-hetero) is 1. The van der Waals surface area contributed by atoms with Crippen LogP contribution in [0.1, 0.15) is 33.2 Å². The van der Waals surface area contributed by atoms with Gasteiger partial charge in [0, 0.05) is 48.3 Å². The smallest absolute Gasteiger partial charge is 0.254 e. The van der Waals surface area contributed by atoms with Crippen LogP contribution in [0, 0.1) is 0 Å². The molecular formula is C20H20Cl2N2O2. The Hall–Kier alpha value is -1.88. The molecule has 1 aliphatic rings. The Labute approximate surface area is 163 Å². The maximum absolute atomic E-state index is 12.8. The van der Waals surface area contributed by atoms with E-state index in [1.54, 1.807) is 30.3 Å². The number of hydrogen-bond acceptors (Lipinski definition) is 3. The van der Waals surface area contributed by atoms with Gasteiger partial charge in [0.25, 0.3) is 5.91 Å². The van der Waals surface area contributed by atoms with Crippen molar-refractivity contribution in [2.75, 3.05) is 26.2 Å². The summed E-state index contributed by atoms with van der Waals surface area (Å²) in [6.07, 6.45) is 0. The number of amides is 1. The fourth-order valence-corrected chi connectivity index (χ4v) is 3.62. The number of nitrogens with zero attached hydrogens (tertiary/aromatic N) is 2. The highest BCUT2D eigenvalue weighted by Crippen LogP contribution is 2.23. The van der Waals surface area contributed by atoms with Gasteiger partial charge in [0.05, 0.1) is 5.56 Å². The minimum absolute atomic E-state index is 0.0834. The molecule has 0 spiro atoms. The van der Waals surface area contributed by atoms with Gasteiger partial charge in [0.15, 0.2) is 5.78 Å². The summed E-state index contributed by atoms with van der Waals surface area (Å²) >= 11 is 12.2. The molecule has 1 aliphatic heterocycles. The summed E-state index contributed by atoms with van der Waals surface area (Å²) in [4.78, 5) is 28.6. The largest absolute Gasteiger partial charge is 0.336 e. The van der Waals surface area contributed by atoms with E-state index in [2.05, 4.69) is 4.90 Å². The van der Waals surface area contributed by atoms with Crippen molar-refractivity contribution < 1.29 is 9.59 Å². The fourth-order valence-electron chi connectivity index (χ4n) is 3.15. The lowest BCUT2D eigenvalue weighted by atomic mass is 10.0. The quantitative estimate of drug-likeness (QED) is 0.736. The summed E-state index contributed by atoms with van der Waals surface area (Å²) in [5.41, 5.74) is 1.99. The molecule has 2 aromatic carbocycles. The third kappa shape index (κ3) is 4.26. The van der Waals surface area contributed by atoms with Crippen LogP contribution in [0.3, 0.4) is 0 Å². The Morgan fingerprint density at radius 3 is 2.23 bits per heavy atom. The second-order valence-corrected chi connectivity index (χ2v) is 7.25. The number of benzene rings is 2. The van der Waals surface area contributed by atoms with E-state index in [-0.39, 0.29) is 11.7 Å². The van der Waals surface area contributed by atoms with Crippen LogP contribution in [0.15, 0.2) is 42.5 Å². The predicted molar refractivity (Wildman–Crippen MR) is 104 cm³/mol. The molecule has 0 radical (unpaired) electrons. The van der Waals surface area contributed by atoms with E-state index in [0.29, 0.717) is 34.3 Å². The fraction of sp³-hybridized carbons (Fsp3) is 0.300. The van der Waals surface area contributed by atoms with Gasteiger partial charge in [-0.3, -0.25) is 14.5 Å². The zero-order chi connectivity index (χ0) is 18.7. The van der Waals surface area contributed by atoms with Crippen molar-refractivity contribution in [3.8, 4) is 0 Å². The number of carbonyl (C=O) groups is 2. The van der Waals surface area contributed by atoms with Crippen LogP contribution in [0.4, 0.5) is 0 Å². The van der Waals surface area contributed by atoms with Crippen molar-refractivity contribution in [3.05, 3.63) is 69.2 Å². The topological polar surface area (TPSA) is 40.6 Å². The van der Waals surface area contributed by atoms with Crippen LogP contribution < -0.4 is 0 Å². The maximum atomic E-state index is 12.8. The summed E-state index contributed by atoms with van der Waals surface area (Å²) in [5, 5.41) is 1.28. The van der Waals surface area contributed by atoms with Crippen molar-refractivity contribution in [1.29, 1.82) is 0 Å². The average molecular weight is 391 g/mol. The molecular weight excluding hydrogens is 371 g/mol. The second-order valence-electron chi connectivity index (χ2n) is 6.41. The molecule has 0 saturated carbocycles. The van der Waals surface area contributed by atoms with E-state index in [9.17, 15) is 9.59 Å². The first-order valence-corrected chi connectivity index (χ1v) is 9.27. The Balaban J connectivity index is 1.63. The Bertz CT molecular complexity index is 830. The molecule has 0 unspecified atom stereocenters. The number of piperazine rings is 1. The van der Waals surface area contributed by atoms with Crippen LogP contribution in [0.2, 0.25) is 10.0 Å². The first-order valence-electron chi connectivity index (χ1n) is 8.51. The number of hydrogen-bond donors (Lipinski definition) is 0. The summed E-state index contributed by atoms with van der Waals surface area (Å²) < 4.78 is 0. The average Bonchev–Trinajstić information content (AvgIpc) is 2.64. The molecule has 0 atom stereocenters. The van der Waals surface area contributed by atoms with E-state index in [0.717, 1.165) is 25.2 Å². The molecule has 2 aromatic rings. The van der Waals surface area contributed by atoms with Gasteiger partial charge in [0.2, 0.25) is 0 Å². The highest BCUT2D eigenvalue weighted by molar-refractivity contribution is 6.35. The second kappa shape index (κ2) is 8.21. The van der Waals surface area contributed by atoms with Crippen LogP contribution in [0.5, 0.6) is 0 Å². The van der Waals surface area contributed by atoms with Crippen molar-refractivity contribution in [3.63, 3.8) is 0 Å². The zero-order valence-electron chi connectivity index (χ0n) is 14.5. The van der Waals surface area contributed by atoms with Gasteiger partial charge in [-0.05, 0) is 30.7 Å². The molecule has 1 saturated heterocycles. The van der Waals surface area contributed by atoms with Gasteiger partial charge in [-0.1, -0.05) is 47.5 Å². The highest BCUT2D eigenvalue weighted by Gasteiger charge is 2.24. The molecule has 3 rings (SSSR count). The third-order valence-corrected chi connectivity index (χ3v) is 5.19. The lowest BCUT2D eigenvalue weighted by molar-refractivity contribution is 0.0625. The number of carbonyl (C=O) groups excluding carboxylic acids is 2. The number of rotatable bonds is 4.